The van der Waals surface area contributed by atoms with Crippen LogP contribution in [0.15, 0.2) is 29.9 Å². The van der Waals surface area contributed by atoms with Crippen LogP contribution in [0.3, 0.4) is 0 Å². The van der Waals surface area contributed by atoms with Gasteiger partial charge in [-0.15, -0.1) is 11.3 Å². The Morgan fingerprint density at radius 2 is 2.10 bits per heavy atom. The Morgan fingerprint density at radius 3 is 2.71 bits per heavy atom. The molecule has 1 N–H and O–H groups in total. The molecule has 0 saturated carbocycles. The minimum atomic E-state index is -5.08. The van der Waals surface area contributed by atoms with Gasteiger partial charge in [-0.05, 0) is 30.9 Å². The Morgan fingerprint density at radius 1 is 1.35 bits per heavy atom. The number of nitrogens with zero attached hydrogens (tertiary/aromatic N) is 3. The minimum Gasteiger partial charge on any atom is -0.476 e. The highest BCUT2D eigenvalue weighted by Gasteiger charge is 2.52. The van der Waals surface area contributed by atoms with E-state index in [2.05, 4.69) is 14.9 Å². The maximum Gasteiger partial charge on any atom is 0.490 e. The highest BCUT2D eigenvalue weighted by molar-refractivity contribution is 7.09. The third-order valence-electron chi connectivity index (χ3n) is 5.10. The lowest BCUT2D eigenvalue weighted by molar-refractivity contribution is -0.192. The van der Waals surface area contributed by atoms with Gasteiger partial charge in [-0.25, -0.2) is 19.2 Å². The summed E-state index contributed by atoms with van der Waals surface area (Å²) >= 11 is 1.69. The molecule has 2 aromatic rings. The zero-order valence-electron chi connectivity index (χ0n) is 16.3. The predicted octanol–water partition coefficient (Wildman–Crippen LogP) is 3.37. The predicted molar refractivity (Wildman–Crippen MR) is 102 cm³/mol. The lowest BCUT2D eigenvalue weighted by Crippen LogP contribution is -2.64. The van der Waals surface area contributed by atoms with E-state index >= 15 is 0 Å². The molecule has 2 aliphatic heterocycles. The number of carboxylic acids is 1. The molecular weight excluding hydrogens is 442 g/mol. The van der Waals surface area contributed by atoms with Gasteiger partial charge in [-0.1, -0.05) is 0 Å². The Bertz CT molecular complexity index is 860. The number of halogens is 4. The van der Waals surface area contributed by atoms with Crippen LogP contribution >= 0.6 is 11.3 Å². The second kappa shape index (κ2) is 9.88. The molecule has 31 heavy (non-hydrogen) atoms. The lowest BCUT2D eigenvalue weighted by Gasteiger charge is -2.50. The highest BCUT2D eigenvalue weighted by atomic mass is 32.1. The average molecular weight is 463 g/mol. The molecule has 0 radical (unpaired) electrons. The van der Waals surface area contributed by atoms with E-state index in [1.54, 1.807) is 23.6 Å². The van der Waals surface area contributed by atoms with Gasteiger partial charge < -0.3 is 14.6 Å². The highest BCUT2D eigenvalue weighted by Crippen LogP contribution is 2.42. The van der Waals surface area contributed by atoms with Crippen molar-refractivity contribution in [1.29, 1.82) is 0 Å². The molecule has 0 bridgehead atoms. The summed E-state index contributed by atoms with van der Waals surface area (Å²) in [5.74, 6) is -2.62. The number of alkyl halides is 3. The Hall–Kier alpha value is -2.31. The summed E-state index contributed by atoms with van der Waals surface area (Å²) in [5.41, 5.74) is -0.0523. The van der Waals surface area contributed by atoms with Crippen LogP contribution in [0.5, 0.6) is 5.88 Å². The first-order chi connectivity index (χ1) is 14.7. The van der Waals surface area contributed by atoms with Crippen molar-refractivity contribution < 1.29 is 36.9 Å². The van der Waals surface area contributed by atoms with Crippen molar-refractivity contribution in [3.63, 3.8) is 0 Å². The van der Waals surface area contributed by atoms with E-state index in [9.17, 15) is 17.6 Å². The fourth-order valence-corrected chi connectivity index (χ4v) is 4.32. The molecule has 1 atom stereocenters. The molecule has 1 spiro atoms. The van der Waals surface area contributed by atoms with Crippen molar-refractivity contribution in [3.05, 3.63) is 40.7 Å². The molecule has 2 saturated heterocycles. The summed E-state index contributed by atoms with van der Waals surface area (Å²) < 4.78 is 56.8. The van der Waals surface area contributed by atoms with Crippen molar-refractivity contribution in [2.75, 3.05) is 26.3 Å². The number of ether oxygens (including phenoxy) is 2. The van der Waals surface area contributed by atoms with Crippen molar-refractivity contribution >= 4 is 17.3 Å². The molecule has 0 aliphatic carbocycles. The van der Waals surface area contributed by atoms with E-state index in [1.807, 2.05) is 11.6 Å². The van der Waals surface area contributed by atoms with Crippen LogP contribution in [0, 0.1) is 11.7 Å². The van der Waals surface area contributed by atoms with Gasteiger partial charge in [0.1, 0.15) is 5.01 Å². The van der Waals surface area contributed by atoms with E-state index in [0.29, 0.717) is 12.5 Å². The Labute approximate surface area is 179 Å². The van der Waals surface area contributed by atoms with Crippen molar-refractivity contribution in [2.45, 2.75) is 31.2 Å². The summed E-state index contributed by atoms with van der Waals surface area (Å²) in [6.07, 6.45) is 0.208. The molecule has 7 nitrogen and oxygen atoms in total. The summed E-state index contributed by atoms with van der Waals surface area (Å²) in [5, 5.41) is 10.3. The molecule has 0 aromatic carbocycles. The number of hydrogen-bond donors (Lipinski definition) is 1. The SMILES string of the molecule is Fc1cccnc1OCCC1CCOC12CN(Cc1nccs1)C2.O=C(O)C(F)(F)F. The van der Waals surface area contributed by atoms with Gasteiger partial charge in [0.2, 0.25) is 5.88 Å². The first-order valence-electron chi connectivity index (χ1n) is 9.48. The van der Waals surface area contributed by atoms with Gasteiger partial charge in [-0.3, -0.25) is 4.90 Å². The maximum absolute atomic E-state index is 13.5. The quantitative estimate of drug-likeness (QED) is 0.658. The minimum absolute atomic E-state index is 0.0523. The summed E-state index contributed by atoms with van der Waals surface area (Å²) in [4.78, 5) is 19.5. The second-order valence-corrected chi connectivity index (χ2v) is 8.18. The molecule has 2 fully saturated rings. The van der Waals surface area contributed by atoms with Gasteiger partial charge in [0, 0.05) is 37.5 Å². The molecule has 2 aromatic heterocycles. The van der Waals surface area contributed by atoms with Crippen LogP contribution in [-0.2, 0) is 16.1 Å². The van der Waals surface area contributed by atoms with Gasteiger partial charge in [0.05, 0.1) is 18.8 Å². The number of aromatic nitrogens is 2. The number of carbonyl (C=O) groups is 1. The van der Waals surface area contributed by atoms with Crippen LogP contribution < -0.4 is 4.74 Å². The van der Waals surface area contributed by atoms with Gasteiger partial charge >= 0.3 is 12.1 Å². The summed E-state index contributed by atoms with van der Waals surface area (Å²) in [6.45, 7) is 4.04. The van der Waals surface area contributed by atoms with Gasteiger partial charge in [0.25, 0.3) is 0 Å². The second-order valence-electron chi connectivity index (χ2n) is 7.20. The Kier molecular flexibility index (Phi) is 7.44. The molecule has 0 amide bonds. The van der Waals surface area contributed by atoms with Crippen molar-refractivity contribution in [3.8, 4) is 5.88 Å². The summed E-state index contributed by atoms with van der Waals surface area (Å²) in [7, 11) is 0. The lowest BCUT2D eigenvalue weighted by atomic mass is 9.79. The van der Waals surface area contributed by atoms with Crippen molar-refractivity contribution in [1.82, 2.24) is 14.9 Å². The largest absolute Gasteiger partial charge is 0.490 e. The summed E-state index contributed by atoms with van der Waals surface area (Å²) in [6, 6.07) is 2.93. The topological polar surface area (TPSA) is 84.8 Å². The Balaban J connectivity index is 0.000000339. The fraction of sp³-hybridized carbons (Fsp3) is 0.526. The zero-order chi connectivity index (χ0) is 22.5. The molecule has 1 unspecified atom stereocenters. The van der Waals surface area contributed by atoms with E-state index < -0.39 is 18.0 Å². The van der Waals surface area contributed by atoms with E-state index in [-0.39, 0.29) is 11.5 Å². The van der Waals surface area contributed by atoms with E-state index in [0.717, 1.165) is 44.1 Å². The monoisotopic (exact) mass is 463 g/mol. The van der Waals surface area contributed by atoms with Crippen LogP contribution in [0.25, 0.3) is 0 Å². The van der Waals surface area contributed by atoms with Crippen molar-refractivity contribution in [2.24, 2.45) is 5.92 Å². The maximum atomic E-state index is 13.5. The third-order valence-corrected chi connectivity index (χ3v) is 5.86. The van der Waals surface area contributed by atoms with Gasteiger partial charge in [0.15, 0.2) is 5.82 Å². The van der Waals surface area contributed by atoms with E-state index in [1.165, 1.54) is 6.07 Å². The van der Waals surface area contributed by atoms with Crippen LogP contribution in [-0.4, -0.2) is 64.0 Å². The van der Waals surface area contributed by atoms with Crippen LogP contribution in [0.2, 0.25) is 0 Å². The number of likely N-dealkylation sites (tertiary alicyclic amines) is 1. The number of rotatable bonds is 6. The average Bonchev–Trinajstić information content (AvgIpc) is 3.33. The molecular formula is C19H21F4N3O4S. The third kappa shape index (κ3) is 6.11. The van der Waals surface area contributed by atoms with E-state index in [4.69, 9.17) is 19.4 Å². The van der Waals surface area contributed by atoms with Crippen LogP contribution in [0.1, 0.15) is 17.8 Å². The number of aliphatic carboxylic acids is 1. The zero-order valence-corrected chi connectivity index (χ0v) is 17.2. The normalized spacial score (nSPS) is 20.1. The van der Waals surface area contributed by atoms with Crippen LogP contribution in [0.4, 0.5) is 17.6 Å². The number of hydrogen-bond acceptors (Lipinski definition) is 7. The smallest absolute Gasteiger partial charge is 0.476 e. The fourth-order valence-electron chi connectivity index (χ4n) is 3.66. The number of carboxylic acid groups (broad SMARTS) is 1. The van der Waals surface area contributed by atoms with Gasteiger partial charge in [-0.2, -0.15) is 13.2 Å². The molecule has 12 heteroatoms. The number of thiazole rings is 1. The first kappa shape index (κ1) is 23.4. The first-order valence-corrected chi connectivity index (χ1v) is 10.4. The molecule has 170 valence electrons. The molecule has 2 aliphatic rings. The molecule has 4 rings (SSSR count). The standard InChI is InChI=1S/C17H20FN3O2S.C2HF3O2/c18-14-2-1-5-20-16(14)22-7-3-13-4-8-23-17(13)11-21(12-17)10-15-19-6-9-24-15;3-2(4,5)1(6)7/h1-2,5-6,9,13H,3-4,7-8,10-12H2;(H,6,7). The number of pyridine rings is 1. The molecule has 4 heterocycles.